The molecule has 4 aromatic rings. The molecule has 8 heteroatoms. The third kappa shape index (κ3) is 4.86. The van der Waals surface area contributed by atoms with Crippen LogP contribution in [0.25, 0.3) is 23.0 Å². The molecule has 178 valence electrons. The average Bonchev–Trinajstić information content (AvgIpc) is 3.42. The number of rotatable bonds is 5. The summed E-state index contributed by atoms with van der Waals surface area (Å²) >= 11 is 6.56. The second-order valence-electron chi connectivity index (χ2n) is 8.40. The number of hydrazine groups is 1. The quantitative estimate of drug-likeness (QED) is 0.276. The van der Waals surface area contributed by atoms with Crippen LogP contribution in [0.4, 0.5) is 0 Å². The van der Waals surface area contributed by atoms with Gasteiger partial charge in [0.25, 0.3) is 11.8 Å². The molecule has 6 nitrogen and oxygen atoms in total. The fourth-order valence-electron chi connectivity index (χ4n) is 3.72. The third-order valence-electron chi connectivity index (χ3n) is 5.70. The molecule has 2 amide bonds. The van der Waals surface area contributed by atoms with E-state index < -0.39 is 5.91 Å². The lowest BCUT2D eigenvalue weighted by atomic mass is 10.1. The van der Waals surface area contributed by atoms with Crippen LogP contribution in [0.15, 0.2) is 90.0 Å². The summed E-state index contributed by atoms with van der Waals surface area (Å²) in [6.07, 6.45) is 3.67. The zero-order valence-corrected chi connectivity index (χ0v) is 21.3. The van der Waals surface area contributed by atoms with Crippen LogP contribution in [0.1, 0.15) is 27.0 Å². The van der Waals surface area contributed by atoms with Crippen molar-refractivity contribution in [1.29, 1.82) is 0 Å². The lowest BCUT2D eigenvalue weighted by Gasteiger charge is -2.15. The van der Waals surface area contributed by atoms with Gasteiger partial charge in [-0.05, 0) is 56.4 Å². The number of aromatic nitrogens is 2. The van der Waals surface area contributed by atoms with Crippen molar-refractivity contribution in [2.24, 2.45) is 0 Å². The third-order valence-corrected chi connectivity index (χ3v) is 7.00. The summed E-state index contributed by atoms with van der Waals surface area (Å²) in [7, 11) is 0. The summed E-state index contributed by atoms with van der Waals surface area (Å²) in [6, 6.07) is 25.0. The van der Waals surface area contributed by atoms with Gasteiger partial charge in [-0.2, -0.15) is 10.1 Å². The number of amides is 2. The average molecular weight is 511 g/mol. The van der Waals surface area contributed by atoms with Gasteiger partial charge in [-0.1, -0.05) is 77.5 Å². The SMILES string of the molecule is Cc1ccc(C(=O)NN2C(=O)C(=Cc3cn(-c4ccccc4)nc3-c3ccc(C)cc3)SC2=S)cc1. The first kappa shape index (κ1) is 23.7. The number of hydrogen-bond donors (Lipinski definition) is 1. The maximum atomic E-state index is 13.2. The van der Waals surface area contributed by atoms with Gasteiger partial charge in [0.05, 0.1) is 16.3 Å². The van der Waals surface area contributed by atoms with Crippen LogP contribution >= 0.6 is 24.0 Å². The smallest absolute Gasteiger partial charge is 0.267 e. The Morgan fingerprint density at radius 1 is 0.944 bits per heavy atom. The standard InChI is InChI=1S/C28H22N4O2S2/c1-18-8-12-20(13-9-18)25-22(17-31(29-25)23-6-4-3-5-7-23)16-24-27(34)32(28(35)36-24)30-26(33)21-14-10-19(2)11-15-21/h3-17H,1-2H3,(H,30,33). The van der Waals surface area contributed by atoms with E-state index in [1.54, 1.807) is 22.9 Å². The van der Waals surface area contributed by atoms with Crippen LogP contribution < -0.4 is 5.43 Å². The maximum Gasteiger partial charge on any atom is 0.285 e. The molecule has 3 aromatic carbocycles. The highest BCUT2D eigenvalue weighted by atomic mass is 32.2. The van der Waals surface area contributed by atoms with E-state index in [1.165, 1.54) is 0 Å². The molecule has 0 atom stereocenters. The highest BCUT2D eigenvalue weighted by molar-refractivity contribution is 8.26. The molecule has 1 aromatic heterocycles. The Bertz CT molecular complexity index is 1490. The molecule has 0 unspecified atom stereocenters. The molecule has 1 aliphatic rings. The number of thiocarbonyl (C=S) groups is 1. The van der Waals surface area contributed by atoms with Gasteiger partial charge >= 0.3 is 0 Å². The largest absolute Gasteiger partial charge is 0.285 e. The van der Waals surface area contributed by atoms with Crippen molar-refractivity contribution in [2.45, 2.75) is 13.8 Å². The van der Waals surface area contributed by atoms with Gasteiger partial charge in [0, 0.05) is 22.9 Å². The Balaban J connectivity index is 1.47. The monoisotopic (exact) mass is 510 g/mol. The molecule has 0 radical (unpaired) electrons. The van der Waals surface area contributed by atoms with Crippen molar-refractivity contribution < 1.29 is 9.59 Å². The molecule has 0 spiro atoms. The Labute approximate surface area is 218 Å². The van der Waals surface area contributed by atoms with Crippen molar-refractivity contribution >= 4 is 46.2 Å². The number of aryl methyl sites for hydroxylation is 2. The molecule has 0 bridgehead atoms. The number of nitrogens with zero attached hydrogens (tertiary/aromatic N) is 3. The van der Waals surface area contributed by atoms with Crippen molar-refractivity contribution in [3.8, 4) is 16.9 Å². The number of nitrogens with one attached hydrogen (secondary N) is 1. The fourth-order valence-corrected chi connectivity index (χ4v) is 4.89. The van der Waals surface area contributed by atoms with E-state index in [1.807, 2.05) is 86.8 Å². The number of thioether (sulfide) groups is 1. The molecule has 5 rings (SSSR count). The molecule has 1 aliphatic heterocycles. The Kier molecular flexibility index (Phi) is 6.54. The highest BCUT2D eigenvalue weighted by Crippen LogP contribution is 2.34. The Morgan fingerprint density at radius 3 is 2.25 bits per heavy atom. The minimum atomic E-state index is -0.398. The van der Waals surface area contributed by atoms with Crippen molar-refractivity contribution in [3.63, 3.8) is 0 Å². The van der Waals surface area contributed by atoms with E-state index in [9.17, 15) is 9.59 Å². The van der Waals surface area contributed by atoms with Crippen molar-refractivity contribution in [2.75, 3.05) is 0 Å². The first-order chi connectivity index (χ1) is 17.4. The molecular weight excluding hydrogens is 488 g/mol. The number of carbonyl (C=O) groups excluding carboxylic acids is 2. The second kappa shape index (κ2) is 9.93. The van der Waals surface area contributed by atoms with Crippen molar-refractivity contribution in [3.05, 3.63) is 112 Å². The van der Waals surface area contributed by atoms with E-state index in [-0.39, 0.29) is 10.2 Å². The van der Waals surface area contributed by atoms with Crippen LogP contribution in [0.3, 0.4) is 0 Å². The lowest BCUT2D eigenvalue weighted by Crippen LogP contribution is -2.44. The summed E-state index contributed by atoms with van der Waals surface area (Å²) in [6.45, 7) is 3.98. The van der Waals surface area contributed by atoms with Gasteiger partial charge in [0.2, 0.25) is 0 Å². The second-order valence-corrected chi connectivity index (χ2v) is 10.1. The molecule has 0 saturated carbocycles. The minimum absolute atomic E-state index is 0.263. The van der Waals surface area contributed by atoms with Gasteiger partial charge in [0.1, 0.15) is 0 Å². The summed E-state index contributed by atoms with van der Waals surface area (Å²) in [4.78, 5) is 26.3. The van der Waals surface area contributed by atoms with Crippen LogP contribution in [-0.4, -0.2) is 30.9 Å². The molecule has 1 saturated heterocycles. The Hall–Kier alpha value is -4.01. The van der Waals surface area contributed by atoms with Crippen LogP contribution in [-0.2, 0) is 4.79 Å². The first-order valence-electron chi connectivity index (χ1n) is 11.3. The van der Waals surface area contributed by atoms with Gasteiger partial charge in [-0.15, -0.1) is 0 Å². The summed E-state index contributed by atoms with van der Waals surface area (Å²) in [5.41, 5.74) is 8.63. The molecule has 2 heterocycles. The van der Waals surface area contributed by atoms with E-state index >= 15 is 0 Å². The van der Waals surface area contributed by atoms with Gasteiger partial charge < -0.3 is 0 Å². The van der Waals surface area contributed by atoms with Crippen LogP contribution in [0.5, 0.6) is 0 Å². The first-order valence-corrected chi connectivity index (χ1v) is 12.5. The van der Waals surface area contributed by atoms with Crippen LogP contribution in [0.2, 0.25) is 0 Å². The van der Waals surface area contributed by atoms with Crippen LogP contribution in [0, 0.1) is 13.8 Å². The molecule has 0 aliphatic carbocycles. The normalized spacial score (nSPS) is 14.5. The molecule has 1 N–H and O–H groups in total. The highest BCUT2D eigenvalue weighted by Gasteiger charge is 2.34. The van der Waals surface area contributed by atoms with E-state index in [2.05, 4.69) is 5.43 Å². The minimum Gasteiger partial charge on any atom is -0.267 e. The van der Waals surface area contributed by atoms with E-state index in [0.29, 0.717) is 10.5 Å². The number of benzene rings is 3. The van der Waals surface area contributed by atoms with Gasteiger partial charge in [0.15, 0.2) is 4.32 Å². The molecule has 1 fully saturated rings. The van der Waals surface area contributed by atoms with E-state index in [4.69, 9.17) is 17.3 Å². The number of para-hydroxylation sites is 1. The number of carbonyl (C=O) groups is 2. The van der Waals surface area contributed by atoms with E-state index in [0.717, 1.165) is 50.4 Å². The molecule has 36 heavy (non-hydrogen) atoms. The Morgan fingerprint density at radius 2 is 1.58 bits per heavy atom. The fraction of sp³-hybridized carbons (Fsp3) is 0.0714. The summed E-state index contributed by atoms with van der Waals surface area (Å²) < 4.78 is 2.06. The predicted molar refractivity (Wildman–Crippen MR) is 147 cm³/mol. The lowest BCUT2D eigenvalue weighted by molar-refractivity contribution is -0.123. The maximum absolute atomic E-state index is 13.2. The van der Waals surface area contributed by atoms with Gasteiger partial charge in [-0.3, -0.25) is 15.0 Å². The zero-order chi connectivity index (χ0) is 25.2. The molecular formula is C28H22N4O2S2. The van der Waals surface area contributed by atoms with Gasteiger partial charge in [-0.25, -0.2) is 4.68 Å². The number of hydrogen-bond acceptors (Lipinski definition) is 5. The predicted octanol–water partition coefficient (Wildman–Crippen LogP) is 5.70. The van der Waals surface area contributed by atoms with Crippen molar-refractivity contribution in [1.82, 2.24) is 20.2 Å². The summed E-state index contributed by atoms with van der Waals surface area (Å²) in [5, 5.41) is 5.94. The topological polar surface area (TPSA) is 67.2 Å². The zero-order valence-electron chi connectivity index (χ0n) is 19.6. The summed E-state index contributed by atoms with van der Waals surface area (Å²) in [5.74, 6) is -0.780.